The lowest BCUT2D eigenvalue weighted by atomic mass is 10.00. The lowest BCUT2D eigenvalue weighted by Gasteiger charge is -2.13. The van der Waals surface area contributed by atoms with Crippen LogP contribution in [0.25, 0.3) is 0 Å². The lowest BCUT2D eigenvalue weighted by Crippen LogP contribution is -2.12. The van der Waals surface area contributed by atoms with Gasteiger partial charge in [-0.2, -0.15) is 0 Å². The number of hydrogen-bond acceptors (Lipinski definition) is 4. The monoisotopic (exact) mass is 305 g/mol. The molecule has 0 amide bonds. The highest BCUT2D eigenvalue weighted by molar-refractivity contribution is 7.89. The first-order valence-electron chi connectivity index (χ1n) is 6.57. The van der Waals surface area contributed by atoms with Gasteiger partial charge in [0.1, 0.15) is 10.7 Å². The zero-order chi connectivity index (χ0) is 15.6. The number of hydrogen-bond donors (Lipinski definition) is 2. The lowest BCUT2D eigenvalue weighted by molar-refractivity contribution is 0.597. The van der Waals surface area contributed by atoms with Crippen LogP contribution >= 0.6 is 0 Å². The first-order valence-corrected chi connectivity index (χ1v) is 8.11. The Morgan fingerprint density at radius 1 is 1.14 bits per heavy atom. The van der Waals surface area contributed by atoms with Gasteiger partial charge in [0.05, 0.1) is 0 Å². The van der Waals surface area contributed by atoms with E-state index in [1.54, 1.807) is 6.07 Å². The summed E-state index contributed by atoms with van der Waals surface area (Å²) in [7, 11) is -3.70. The van der Waals surface area contributed by atoms with E-state index in [0.717, 1.165) is 0 Å². The van der Waals surface area contributed by atoms with E-state index in [1.807, 2.05) is 0 Å². The van der Waals surface area contributed by atoms with Crippen LogP contribution in [-0.4, -0.2) is 13.4 Å². The minimum atomic E-state index is -3.70. The molecule has 1 heterocycles. The fourth-order valence-corrected chi connectivity index (χ4v) is 2.78. The van der Waals surface area contributed by atoms with Crippen LogP contribution in [0.4, 0.5) is 5.82 Å². The maximum atomic E-state index is 11.2. The van der Waals surface area contributed by atoms with Crippen molar-refractivity contribution in [2.45, 2.75) is 32.2 Å². The minimum absolute atomic E-state index is 0.00995. The molecule has 0 saturated carbocycles. The summed E-state index contributed by atoms with van der Waals surface area (Å²) < 4.78 is 22.3. The van der Waals surface area contributed by atoms with Gasteiger partial charge < -0.3 is 5.32 Å². The van der Waals surface area contributed by atoms with E-state index in [-0.39, 0.29) is 4.90 Å². The van der Waals surface area contributed by atoms with Crippen LogP contribution < -0.4 is 10.5 Å². The topological polar surface area (TPSA) is 85.1 Å². The van der Waals surface area contributed by atoms with Crippen LogP contribution in [-0.2, 0) is 16.6 Å². The Morgan fingerprint density at radius 3 is 2.24 bits per heavy atom. The Morgan fingerprint density at radius 2 is 1.76 bits per heavy atom. The van der Waals surface area contributed by atoms with Crippen molar-refractivity contribution in [3.05, 3.63) is 52.7 Å². The molecule has 0 spiro atoms. The van der Waals surface area contributed by atoms with E-state index in [1.165, 1.54) is 34.5 Å². The van der Waals surface area contributed by atoms with Crippen molar-refractivity contribution < 1.29 is 8.42 Å². The number of sulfonamides is 1. The molecule has 0 saturated heterocycles. The third-order valence-electron chi connectivity index (χ3n) is 3.35. The molecule has 5 nitrogen and oxygen atoms in total. The number of nitrogens with two attached hydrogens (primary N) is 1. The summed E-state index contributed by atoms with van der Waals surface area (Å²) in [5, 5.41) is 8.23. The molecule has 2 aromatic rings. The second kappa shape index (κ2) is 5.83. The Bertz CT molecular complexity index is 730. The molecule has 0 fully saturated rings. The smallest absolute Gasteiger partial charge is 0.239 e. The van der Waals surface area contributed by atoms with Crippen molar-refractivity contribution in [3.8, 4) is 0 Å². The maximum Gasteiger partial charge on any atom is 0.239 e. The van der Waals surface area contributed by atoms with Crippen molar-refractivity contribution in [2.24, 2.45) is 5.14 Å². The highest BCUT2D eigenvalue weighted by atomic mass is 32.2. The third kappa shape index (κ3) is 3.80. The Labute approximate surface area is 125 Å². The van der Waals surface area contributed by atoms with E-state index in [9.17, 15) is 8.42 Å². The van der Waals surface area contributed by atoms with Crippen molar-refractivity contribution in [1.82, 2.24) is 4.98 Å². The van der Waals surface area contributed by atoms with Gasteiger partial charge in [-0.3, -0.25) is 0 Å². The number of anilines is 1. The van der Waals surface area contributed by atoms with Crippen molar-refractivity contribution >= 4 is 15.8 Å². The molecule has 0 aliphatic carbocycles. The molecule has 1 aromatic heterocycles. The van der Waals surface area contributed by atoms with E-state index >= 15 is 0 Å². The molecule has 0 bridgehead atoms. The van der Waals surface area contributed by atoms with Gasteiger partial charge in [-0.1, -0.05) is 17.7 Å². The van der Waals surface area contributed by atoms with Gasteiger partial charge >= 0.3 is 0 Å². The molecule has 6 heteroatoms. The molecule has 0 aliphatic rings. The van der Waals surface area contributed by atoms with Crippen LogP contribution in [0, 0.1) is 20.8 Å². The van der Waals surface area contributed by atoms with Gasteiger partial charge in [-0.05, 0) is 49.6 Å². The first-order chi connectivity index (χ1) is 9.77. The Hall–Kier alpha value is -1.92. The molecule has 2 rings (SSSR count). The zero-order valence-electron chi connectivity index (χ0n) is 12.3. The second-order valence-electron chi connectivity index (χ2n) is 5.15. The summed E-state index contributed by atoms with van der Waals surface area (Å²) in [5.74, 6) is 0.613. The van der Waals surface area contributed by atoms with Gasteiger partial charge in [0, 0.05) is 12.7 Å². The van der Waals surface area contributed by atoms with Crippen LogP contribution in [0.3, 0.4) is 0 Å². The molecule has 0 radical (unpaired) electrons. The minimum Gasteiger partial charge on any atom is -0.366 e. The number of primary sulfonamides is 1. The van der Waals surface area contributed by atoms with Gasteiger partial charge in [0.25, 0.3) is 0 Å². The van der Waals surface area contributed by atoms with E-state index in [4.69, 9.17) is 5.14 Å². The Balaban J connectivity index is 2.14. The number of nitrogens with zero attached hydrogens (tertiary/aromatic N) is 1. The number of nitrogens with one attached hydrogen (secondary N) is 1. The summed E-state index contributed by atoms with van der Waals surface area (Å²) in [6, 6.07) is 7.33. The molecule has 3 N–H and O–H groups in total. The molecule has 21 heavy (non-hydrogen) atoms. The van der Waals surface area contributed by atoms with Crippen molar-refractivity contribution in [3.63, 3.8) is 0 Å². The quantitative estimate of drug-likeness (QED) is 0.907. The Kier molecular flexibility index (Phi) is 4.29. The standard InChI is InChI=1S/C15H19N3O2S/c1-10-6-11(2)14(12(3)7-10)9-18-15-5-4-13(8-17-15)21(16,19)20/h4-8H,9H2,1-3H3,(H,17,18)(H2,16,19,20). The number of aryl methyl sites for hydroxylation is 3. The van der Waals surface area contributed by atoms with Gasteiger partial charge in [-0.15, -0.1) is 0 Å². The summed E-state index contributed by atoms with van der Waals surface area (Å²) in [6.45, 7) is 6.87. The fourth-order valence-electron chi connectivity index (χ4n) is 2.32. The number of benzene rings is 1. The van der Waals surface area contributed by atoms with Crippen LogP contribution in [0.5, 0.6) is 0 Å². The van der Waals surface area contributed by atoms with E-state index < -0.39 is 10.0 Å². The van der Waals surface area contributed by atoms with Crippen LogP contribution in [0.15, 0.2) is 35.4 Å². The predicted octanol–water partition coefficient (Wildman–Crippen LogP) is 2.27. The van der Waals surface area contributed by atoms with E-state index in [0.29, 0.717) is 12.4 Å². The molecule has 0 atom stereocenters. The van der Waals surface area contributed by atoms with Gasteiger partial charge in [0.15, 0.2) is 0 Å². The molecule has 0 aliphatic heterocycles. The highest BCUT2D eigenvalue weighted by Crippen LogP contribution is 2.18. The van der Waals surface area contributed by atoms with Crippen LogP contribution in [0.2, 0.25) is 0 Å². The molecule has 1 aromatic carbocycles. The van der Waals surface area contributed by atoms with Crippen molar-refractivity contribution in [1.29, 1.82) is 0 Å². The summed E-state index contributed by atoms with van der Waals surface area (Å²) >= 11 is 0. The zero-order valence-corrected chi connectivity index (χ0v) is 13.2. The average molecular weight is 305 g/mol. The SMILES string of the molecule is Cc1cc(C)c(CNc2ccc(S(N)(=O)=O)cn2)c(C)c1. The van der Waals surface area contributed by atoms with Gasteiger partial charge in [0.2, 0.25) is 10.0 Å². The van der Waals surface area contributed by atoms with Crippen molar-refractivity contribution in [2.75, 3.05) is 5.32 Å². The molecular weight excluding hydrogens is 286 g/mol. The normalized spacial score (nSPS) is 11.4. The largest absolute Gasteiger partial charge is 0.366 e. The third-order valence-corrected chi connectivity index (χ3v) is 4.25. The second-order valence-corrected chi connectivity index (χ2v) is 6.72. The first kappa shape index (κ1) is 15.5. The predicted molar refractivity (Wildman–Crippen MR) is 83.6 cm³/mol. The fraction of sp³-hybridized carbons (Fsp3) is 0.267. The maximum absolute atomic E-state index is 11.2. The van der Waals surface area contributed by atoms with Gasteiger partial charge in [-0.25, -0.2) is 18.5 Å². The molecule has 0 unspecified atom stereocenters. The average Bonchev–Trinajstić information content (AvgIpc) is 2.37. The summed E-state index contributed by atoms with van der Waals surface area (Å²) in [4.78, 5) is 4.08. The summed E-state index contributed by atoms with van der Waals surface area (Å²) in [6.07, 6.45) is 1.26. The van der Waals surface area contributed by atoms with Crippen LogP contribution in [0.1, 0.15) is 22.3 Å². The van der Waals surface area contributed by atoms with E-state index in [2.05, 4.69) is 43.2 Å². The molecular formula is C15H19N3O2S. The summed E-state index contributed by atoms with van der Waals surface area (Å²) in [5.41, 5.74) is 4.91. The number of aromatic nitrogens is 1. The number of pyridine rings is 1. The highest BCUT2D eigenvalue weighted by Gasteiger charge is 2.08. The number of rotatable bonds is 4. The molecule has 112 valence electrons.